The van der Waals surface area contributed by atoms with Crippen molar-refractivity contribution in [2.45, 2.75) is 32.1 Å². The highest BCUT2D eigenvalue weighted by molar-refractivity contribution is 6.18. The van der Waals surface area contributed by atoms with Crippen LogP contribution < -0.4 is 10.6 Å². The van der Waals surface area contributed by atoms with E-state index >= 15 is 0 Å². The lowest BCUT2D eigenvalue weighted by Gasteiger charge is -2.41. The fourth-order valence-corrected chi connectivity index (χ4v) is 4.87. The predicted molar refractivity (Wildman–Crippen MR) is 112 cm³/mol. The smallest absolute Gasteiger partial charge is 0.339 e. The molecular weight excluding hydrogens is 416 g/mol. The molecule has 3 aliphatic rings. The monoisotopic (exact) mass is 440 g/mol. The van der Waals surface area contributed by atoms with E-state index < -0.39 is 28.7 Å². The molecule has 1 atom stereocenters. The highest BCUT2D eigenvalue weighted by Crippen LogP contribution is 2.57. The standard InChI is InChI=1S/C23H24N2O7/c1-22(2)9-14(26)17-15(10-22)32-21(29)23(17)12-7-5-6-8-13(12)25(11-16(27)30-3)19(24)18(23)20(28)31-4/h5-8H,9-11,24H2,1-4H3. The molecule has 0 saturated heterocycles. The minimum absolute atomic E-state index is 0.107. The zero-order valence-corrected chi connectivity index (χ0v) is 18.3. The van der Waals surface area contributed by atoms with Crippen molar-refractivity contribution in [3.63, 3.8) is 0 Å². The van der Waals surface area contributed by atoms with E-state index in [4.69, 9.17) is 19.9 Å². The number of para-hydroxylation sites is 1. The number of nitrogens with zero attached hydrogens (tertiary/aromatic N) is 1. The van der Waals surface area contributed by atoms with Crippen molar-refractivity contribution in [3.05, 3.63) is 52.6 Å². The van der Waals surface area contributed by atoms with Crippen LogP contribution in [0.3, 0.4) is 0 Å². The maximum Gasteiger partial charge on any atom is 0.339 e. The number of nitrogens with two attached hydrogens (primary N) is 1. The van der Waals surface area contributed by atoms with E-state index in [1.807, 2.05) is 13.8 Å². The van der Waals surface area contributed by atoms with Crippen molar-refractivity contribution in [2.75, 3.05) is 25.7 Å². The van der Waals surface area contributed by atoms with Gasteiger partial charge in [-0.25, -0.2) is 9.59 Å². The van der Waals surface area contributed by atoms with E-state index in [0.717, 1.165) is 7.11 Å². The Morgan fingerprint density at radius 3 is 2.47 bits per heavy atom. The molecule has 0 fully saturated rings. The number of methoxy groups -OCH3 is 2. The van der Waals surface area contributed by atoms with Crippen molar-refractivity contribution >= 4 is 29.4 Å². The summed E-state index contributed by atoms with van der Waals surface area (Å²) < 4.78 is 15.4. The molecule has 1 spiro atoms. The van der Waals surface area contributed by atoms with E-state index in [9.17, 15) is 19.2 Å². The van der Waals surface area contributed by atoms with E-state index in [0.29, 0.717) is 17.7 Å². The molecule has 0 aromatic heterocycles. The summed E-state index contributed by atoms with van der Waals surface area (Å²) in [7, 11) is 2.39. The lowest BCUT2D eigenvalue weighted by Crippen LogP contribution is -2.51. The molecule has 32 heavy (non-hydrogen) atoms. The number of benzene rings is 1. The summed E-state index contributed by atoms with van der Waals surface area (Å²) >= 11 is 0. The van der Waals surface area contributed by atoms with Crippen LogP contribution in [0.2, 0.25) is 0 Å². The quantitative estimate of drug-likeness (QED) is 0.549. The van der Waals surface area contributed by atoms with Crippen molar-refractivity contribution in [1.29, 1.82) is 0 Å². The number of Topliss-reactive ketones (excluding diaryl/α,β-unsaturated/α-hetero) is 1. The lowest BCUT2D eigenvalue weighted by atomic mass is 9.62. The van der Waals surface area contributed by atoms with E-state index in [-0.39, 0.29) is 41.5 Å². The predicted octanol–water partition coefficient (Wildman–Crippen LogP) is 1.46. The summed E-state index contributed by atoms with van der Waals surface area (Å²) in [6, 6.07) is 6.66. The number of hydrogen-bond donors (Lipinski definition) is 1. The molecule has 1 aliphatic carbocycles. The van der Waals surface area contributed by atoms with E-state index in [1.165, 1.54) is 12.0 Å². The summed E-state index contributed by atoms with van der Waals surface area (Å²) in [5, 5.41) is 0. The Kier molecular flexibility index (Phi) is 4.87. The molecule has 4 rings (SSSR count). The molecule has 0 bridgehead atoms. The fraction of sp³-hybridized carbons (Fsp3) is 0.391. The number of ether oxygens (including phenoxy) is 3. The summed E-state index contributed by atoms with van der Waals surface area (Å²) in [5.74, 6) is -2.52. The Labute approximate surface area is 184 Å². The van der Waals surface area contributed by atoms with Crippen LogP contribution in [0.5, 0.6) is 0 Å². The van der Waals surface area contributed by atoms with Gasteiger partial charge < -0.3 is 24.8 Å². The topological polar surface area (TPSA) is 125 Å². The number of hydrogen-bond acceptors (Lipinski definition) is 9. The highest BCUT2D eigenvalue weighted by atomic mass is 16.5. The Morgan fingerprint density at radius 2 is 1.81 bits per heavy atom. The second kappa shape index (κ2) is 7.22. The zero-order valence-electron chi connectivity index (χ0n) is 18.3. The number of allylic oxidation sites excluding steroid dienone is 1. The Balaban J connectivity index is 2.08. The van der Waals surface area contributed by atoms with Crippen molar-refractivity contribution in [1.82, 2.24) is 0 Å². The summed E-state index contributed by atoms with van der Waals surface area (Å²) in [6.45, 7) is 3.51. The Morgan fingerprint density at radius 1 is 1.12 bits per heavy atom. The first-order valence-electron chi connectivity index (χ1n) is 10.1. The van der Waals surface area contributed by atoms with Gasteiger partial charge in [0.25, 0.3) is 0 Å². The molecule has 2 aliphatic heterocycles. The number of ketones is 1. The van der Waals surface area contributed by atoms with Gasteiger partial charge in [-0.3, -0.25) is 9.59 Å². The molecule has 9 nitrogen and oxygen atoms in total. The number of esters is 3. The molecule has 0 saturated carbocycles. The third-order valence-electron chi connectivity index (χ3n) is 6.16. The number of rotatable bonds is 3. The molecular formula is C23H24N2O7. The van der Waals surface area contributed by atoms with Gasteiger partial charge >= 0.3 is 17.9 Å². The highest BCUT2D eigenvalue weighted by Gasteiger charge is 2.64. The molecule has 168 valence electrons. The van der Waals surface area contributed by atoms with Crippen LogP contribution in [-0.4, -0.2) is 44.5 Å². The third-order valence-corrected chi connectivity index (χ3v) is 6.16. The molecule has 0 amide bonds. The average Bonchev–Trinajstić information content (AvgIpc) is 3.01. The average molecular weight is 440 g/mol. The van der Waals surface area contributed by atoms with Gasteiger partial charge in [-0.1, -0.05) is 32.0 Å². The van der Waals surface area contributed by atoms with Gasteiger partial charge in [0, 0.05) is 24.1 Å². The third kappa shape index (κ3) is 2.84. The van der Waals surface area contributed by atoms with E-state index in [2.05, 4.69) is 0 Å². The first-order chi connectivity index (χ1) is 15.1. The number of carbonyl (C=O) groups is 4. The Bertz CT molecular complexity index is 1130. The van der Waals surface area contributed by atoms with Crippen LogP contribution in [0.15, 0.2) is 47.0 Å². The van der Waals surface area contributed by atoms with Crippen molar-refractivity contribution < 1.29 is 33.4 Å². The van der Waals surface area contributed by atoms with Crippen molar-refractivity contribution in [2.24, 2.45) is 11.1 Å². The number of carbonyl (C=O) groups excluding carboxylic acids is 4. The maximum atomic E-state index is 13.6. The van der Waals surface area contributed by atoms with Gasteiger partial charge in [0.05, 0.1) is 19.8 Å². The number of fused-ring (bicyclic) bond motifs is 3. The summed E-state index contributed by atoms with van der Waals surface area (Å²) in [4.78, 5) is 53.5. The van der Waals surface area contributed by atoms with Gasteiger partial charge in [-0.2, -0.15) is 0 Å². The lowest BCUT2D eigenvalue weighted by molar-refractivity contribution is -0.145. The largest absolute Gasteiger partial charge is 0.468 e. The van der Waals surface area contributed by atoms with Gasteiger partial charge in [0.2, 0.25) is 0 Å². The first-order valence-corrected chi connectivity index (χ1v) is 10.1. The van der Waals surface area contributed by atoms with Crippen LogP contribution in [0.25, 0.3) is 0 Å². The fourth-order valence-electron chi connectivity index (χ4n) is 4.87. The van der Waals surface area contributed by atoms with E-state index in [1.54, 1.807) is 24.3 Å². The van der Waals surface area contributed by atoms with Crippen LogP contribution in [0.1, 0.15) is 32.3 Å². The normalized spacial score (nSPS) is 23.7. The Hall–Kier alpha value is -3.62. The maximum absolute atomic E-state index is 13.6. The van der Waals surface area contributed by atoms with Gasteiger partial charge in [0.15, 0.2) is 11.2 Å². The second-order valence-corrected chi connectivity index (χ2v) is 8.81. The minimum atomic E-state index is -1.87. The minimum Gasteiger partial charge on any atom is -0.468 e. The molecule has 0 radical (unpaired) electrons. The SMILES string of the molecule is COC(=O)CN1C(N)=C(C(=O)OC)C2(C(=O)OC3=C2C(=O)CC(C)(C)C3)c2ccccc21. The molecule has 1 aromatic rings. The molecule has 9 heteroatoms. The van der Waals surface area contributed by atoms with Crippen LogP contribution in [-0.2, 0) is 38.8 Å². The van der Waals surface area contributed by atoms with Gasteiger partial charge in [-0.15, -0.1) is 0 Å². The first kappa shape index (κ1) is 21.6. The summed E-state index contributed by atoms with van der Waals surface area (Å²) in [6.07, 6.45) is 0.524. The van der Waals surface area contributed by atoms with Gasteiger partial charge in [0.1, 0.15) is 23.7 Å². The van der Waals surface area contributed by atoms with Crippen LogP contribution in [0.4, 0.5) is 5.69 Å². The van der Waals surface area contributed by atoms with Crippen molar-refractivity contribution in [3.8, 4) is 0 Å². The number of anilines is 1. The van der Waals surface area contributed by atoms with Crippen LogP contribution in [0, 0.1) is 5.41 Å². The summed E-state index contributed by atoms with van der Waals surface area (Å²) in [5.41, 5.74) is 4.71. The van der Waals surface area contributed by atoms with Crippen LogP contribution >= 0.6 is 0 Å². The molecule has 1 unspecified atom stereocenters. The second-order valence-electron chi connectivity index (χ2n) is 8.81. The molecule has 2 N–H and O–H groups in total. The molecule has 2 heterocycles. The van der Waals surface area contributed by atoms with Gasteiger partial charge in [-0.05, 0) is 11.5 Å². The zero-order chi connectivity index (χ0) is 23.4. The molecule has 1 aromatic carbocycles.